The van der Waals surface area contributed by atoms with Gasteiger partial charge in [-0.25, -0.2) is 0 Å². The van der Waals surface area contributed by atoms with Gasteiger partial charge in [-0.05, 0) is 25.0 Å². The highest BCUT2D eigenvalue weighted by Crippen LogP contribution is 2.16. The van der Waals surface area contributed by atoms with Crippen LogP contribution in [0.2, 0.25) is 0 Å². The number of benzene rings is 1. The largest absolute Gasteiger partial charge is 0.389 e. The first-order chi connectivity index (χ1) is 9.15. The Labute approximate surface area is 115 Å². The minimum absolute atomic E-state index is 0.217. The molecule has 2 N–H and O–H groups in total. The van der Waals surface area contributed by atoms with E-state index in [1.54, 1.807) is 7.11 Å². The van der Waals surface area contributed by atoms with E-state index in [-0.39, 0.29) is 6.04 Å². The van der Waals surface area contributed by atoms with Crippen molar-refractivity contribution in [1.82, 2.24) is 5.32 Å². The van der Waals surface area contributed by atoms with Crippen LogP contribution in [0.5, 0.6) is 0 Å². The number of aliphatic hydroxyl groups is 1. The van der Waals surface area contributed by atoms with E-state index < -0.39 is 6.10 Å². The molecule has 4 nitrogen and oxygen atoms in total. The highest BCUT2D eigenvalue weighted by atomic mass is 16.5. The Morgan fingerprint density at radius 2 is 2.00 bits per heavy atom. The van der Waals surface area contributed by atoms with Crippen LogP contribution in [0.1, 0.15) is 24.1 Å². The standard InChI is InChI=1S/C15H25NO3/c1-12-6-4-5-7-15(12)13(2)16-10-14(17)11-19-9-8-18-3/h4-7,13-14,16-17H,8-11H2,1-3H3. The molecule has 0 aliphatic rings. The maximum absolute atomic E-state index is 9.79. The molecule has 0 heterocycles. The van der Waals surface area contributed by atoms with Crippen LogP contribution in [0.25, 0.3) is 0 Å². The lowest BCUT2D eigenvalue weighted by atomic mass is 10.0. The summed E-state index contributed by atoms with van der Waals surface area (Å²) in [6.07, 6.45) is -0.497. The van der Waals surface area contributed by atoms with E-state index in [2.05, 4.69) is 31.3 Å². The molecular weight excluding hydrogens is 242 g/mol. The zero-order valence-electron chi connectivity index (χ0n) is 12.1. The summed E-state index contributed by atoms with van der Waals surface area (Å²) in [5.41, 5.74) is 2.52. The number of nitrogens with one attached hydrogen (secondary N) is 1. The average Bonchev–Trinajstić information content (AvgIpc) is 2.41. The average molecular weight is 267 g/mol. The summed E-state index contributed by atoms with van der Waals surface area (Å²) in [5, 5.41) is 13.1. The topological polar surface area (TPSA) is 50.7 Å². The minimum atomic E-state index is -0.497. The highest BCUT2D eigenvalue weighted by Gasteiger charge is 2.10. The number of hydrogen-bond acceptors (Lipinski definition) is 4. The van der Waals surface area contributed by atoms with Crippen molar-refractivity contribution in [2.75, 3.05) is 33.5 Å². The third-order valence-electron chi connectivity index (χ3n) is 3.06. The van der Waals surface area contributed by atoms with Gasteiger partial charge in [0.05, 0.1) is 25.9 Å². The second-order valence-corrected chi connectivity index (χ2v) is 4.71. The maximum Gasteiger partial charge on any atom is 0.0897 e. The Bertz CT molecular complexity index is 357. The lowest BCUT2D eigenvalue weighted by Crippen LogP contribution is -2.32. The maximum atomic E-state index is 9.79. The quantitative estimate of drug-likeness (QED) is 0.668. The van der Waals surface area contributed by atoms with Crippen LogP contribution in [0.4, 0.5) is 0 Å². The summed E-state index contributed by atoms with van der Waals surface area (Å²) >= 11 is 0. The number of aliphatic hydroxyl groups excluding tert-OH is 1. The van der Waals surface area contributed by atoms with Crippen molar-refractivity contribution in [2.45, 2.75) is 26.0 Å². The third-order valence-corrected chi connectivity index (χ3v) is 3.06. The summed E-state index contributed by atoms with van der Waals surface area (Å²) in [5.74, 6) is 0. The fourth-order valence-electron chi connectivity index (χ4n) is 1.92. The Balaban J connectivity index is 2.26. The molecule has 0 bridgehead atoms. The van der Waals surface area contributed by atoms with Gasteiger partial charge in [0.1, 0.15) is 0 Å². The monoisotopic (exact) mass is 267 g/mol. The normalized spacial score (nSPS) is 14.3. The summed E-state index contributed by atoms with van der Waals surface area (Å²) in [6.45, 7) is 6.11. The second kappa shape index (κ2) is 9.04. The van der Waals surface area contributed by atoms with Crippen molar-refractivity contribution < 1.29 is 14.6 Å². The lowest BCUT2D eigenvalue weighted by molar-refractivity contribution is 0.0130. The zero-order chi connectivity index (χ0) is 14.1. The predicted octanol–water partition coefficient (Wildman–Crippen LogP) is 1.67. The SMILES string of the molecule is COCCOCC(O)CNC(C)c1ccccc1C. The van der Waals surface area contributed by atoms with Crippen molar-refractivity contribution in [3.63, 3.8) is 0 Å². The van der Waals surface area contributed by atoms with Crippen LogP contribution in [0.15, 0.2) is 24.3 Å². The van der Waals surface area contributed by atoms with Crippen LogP contribution in [0, 0.1) is 6.92 Å². The molecule has 0 aliphatic heterocycles. The van der Waals surface area contributed by atoms with Crippen LogP contribution in [0.3, 0.4) is 0 Å². The van der Waals surface area contributed by atoms with Crippen LogP contribution in [-0.2, 0) is 9.47 Å². The van der Waals surface area contributed by atoms with Crippen molar-refractivity contribution in [2.24, 2.45) is 0 Å². The van der Waals surface area contributed by atoms with Gasteiger partial charge < -0.3 is 19.9 Å². The molecule has 4 heteroatoms. The van der Waals surface area contributed by atoms with Crippen molar-refractivity contribution in [3.8, 4) is 0 Å². The van der Waals surface area contributed by atoms with E-state index in [9.17, 15) is 5.11 Å². The molecular formula is C15H25NO3. The Kier molecular flexibility index (Phi) is 7.67. The molecule has 0 aliphatic carbocycles. The third kappa shape index (κ3) is 6.16. The van der Waals surface area contributed by atoms with Crippen molar-refractivity contribution in [1.29, 1.82) is 0 Å². The predicted molar refractivity (Wildman–Crippen MR) is 76.3 cm³/mol. The lowest BCUT2D eigenvalue weighted by Gasteiger charge is -2.19. The summed E-state index contributed by atoms with van der Waals surface area (Å²) < 4.78 is 10.2. The number of methoxy groups -OCH3 is 1. The van der Waals surface area contributed by atoms with Crippen LogP contribution >= 0.6 is 0 Å². The van der Waals surface area contributed by atoms with E-state index in [0.29, 0.717) is 26.4 Å². The van der Waals surface area contributed by atoms with Gasteiger partial charge in [0, 0.05) is 19.7 Å². The number of hydrogen-bond donors (Lipinski definition) is 2. The zero-order valence-corrected chi connectivity index (χ0v) is 12.1. The molecule has 0 saturated heterocycles. The second-order valence-electron chi connectivity index (χ2n) is 4.71. The van der Waals surface area contributed by atoms with Gasteiger partial charge in [-0.2, -0.15) is 0 Å². The van der Waals surface area contributed by atoms with Gasteiger partial charge in [0.15, 0.2) is 0 Å². The number of rotatable bonds is 9. The number of ether oxygens (including phenoxy) is 2. The summed E-state index contributed by atoms with van der Waals surface area (Å²) in [6, 6.07) is 8.48. The molecule has 108 valence electrons. The van der Waals surface area contributed by atoms with Gasteiger partial charge in [-0.3, -0.25) is 0 Å². The fraction of sp³-hybridized carbons (Fsp3) is 0.600. The molecule has 0 radical (unpaired) electrons. The Hall–Kier alpha value is -0.940. The van der Waals surface area contributed by atoms with Gasteiger partial charge in [-0.15, -0.1) is 0 Å². The highest BCUT2D eigenvalue weighted by molar-refractivity contribution is 5.28. The molecule has 0 aromatic heterocycles. The first-order valence-electron chi connectivity index (χ1n) is 6.68. The van der Waals surface area contributed by atoms with Crippen LogP contribution in [-0.4, -0.2) is 44.7 Å². The molecule has 0 amide bonds. The molecule has 0 fully saturated rings. The molecule has 1 rings (SSSR count). The van der Waals surface area contributed by atoms with Gasteiger partial charge >= 0.3 is 0 Å². The van der Waals surface area contributed by atoms with E-state index in [1.165, 1.54) is 11.1 Å². The van der Waals surface area contributed by atoms with Gasteiger partial charge in [0.2, 0.25) is 0 Å². The first-order valence-corrected chi connectivity index (χ1v) is 6.68. The smallest absolute Gasteiger partial charge is 0.0897 e. The van der Waals surface area contributed by atoms with Crippen LogP contribution < -0.4 is 5.32 Å². The summed E-state index contributed by atoms with van der Waals surface area (Å²) in [7, 11) is 1.63. The fourth-order valence-corrected chi connectivity index (χ4v) is 1.92. The van der Waals surface area contributed by atoms with E-state index in [4.69, 9.17) is 9.47 Å². The molecule has 2 unspecified atom stereocenters. The number of aryl methyl sites for hydroxylation is 1. The van der Waals surface area contributed by atoms with E-state index in [1.807, 2.05) is 12.1 Å². The molecule has 2 atom stereocenters. The van der Waals surface area contributed by atoms with Gasteiger partial charge in [-0.1, -0.05) is 24.3 Å². The van der Waals surface area contributed by atoms with E-state index >= 15 is 0 Å². The molecule has 0 saturated carbocycles. The molecule has 1 aromatic carbocycles. The Morgan fingerprint density at radius 1 is 1.26 bits per heavy atom. The van der Waals surface area contributed by atoms with Crippen molar-refractivity contribution in [3.05, 3.63) is 35.4 Å². The molecule has 0 spiro atoms. The summed E-state index contributed by atoms with van der Waals surface area (Å²) in [4.78, 5) is 0. The first kappa shape index (κ1) is 16.1. The molecule has 19 heavy (non-hydrogen) atoms. The Morgan fingerprint density at radius 3 is 2.68 bits per heavy atom. The minimum Gasteiger partial charge on any atom is -0.389 e. The molecule has 1 aromatic rings. The van der Waals surface area contributed by atoms with Crippen molar-refractivity contribution >= 4 is 0 Å². The van der Waals surface area contributed by atoms with E-state index in [0.717, 1.165) is 0 Å². The van der Waals surface area contributed by atoms with Gasteiger partial charge in [0.25, 0.3) is 0 Å².